The van der Waals surface area contributed by atoms with E-state index < -0.39 is 0 Å². The standard InChI is InChI=1S/C14H18N4S/c1-9(2)17-11-7-5-6-8-12(11)18-13(17)15-16-14(18)19-10(3)4/h5-10H,1-4H3. The fourth-order valence-electron chi connectivity index (χ4n) is 2.39. The lowest BCUT2D eigenvalue weighted by atomic mass is 10.3. The number of benzene rings is 1. The number of aromatic nitrogens is 4. The maximum atomic E-state index is 4.39. The molecule has 0 saturated heterocycles. The molecule has 0 radical (unpaired) electrons. The van der Waals surface area contributed by atoms with Crippen LogP contribution < -0.4 is 0 Å². The third-order valence-corrected chi connectivity index (χ3v) is 4.02. The van der Waals surface area contributed by atoms with Crippen molar-refractivity contribution in [3.63, 3.8) is 0 Å². The van der Waals surface area contributed by atoms with Crippen LogP contribution in [-0.2, 0) is 0 Å². The molecule has 5 heteroatoms. The Kier molecular flexibility index (Phi) is 3.01. The molecule has 0 bridgehead atoms. The van der Waals surface area contributed by atoms with E-state index in [1.807, 2.05) is 0 Å². The summed E-state index contributed by atoms with van der Waals surface area (Å²) in [6.07, 6.45) is 0. The second-order valence-corrected chi connectivity index (χ2v) is 6.78. The first kappa shape index (κ1) is 12.5. The Bertz CT molecular complexity index is 724. The van der Waals surface area contributed by atoms with E-state index in [1.165, 1.54) is 11.0 Å². The largest absolute Gasteiger partial charge is 0.306 e. The van der Waals surface area contributed by atoms with Crippen LogP contribution in [-0.4, -0.2) is 24.4 Å². The molecular formula is C14H18N4S. The highest BCUT2D eigenvalue weighted by molar-refractivity contribution is 7.99. The predicted molar refractivity (Wildman–Crippen MR) is 79.9 cm³/mol. The maximum absolute atomic E-state index is 4.39. The van der Waals surface area contributed by atoms with E-state index >= 15 is 0 Å². The minimum absolute atomic E-state index is 0.364. The van der Waals surface area contributed by atoms with Crippen LogP contribution in [0.15, 0.2) is 29.4 Å². The van der Waals surface area contributed by atoms with E-state index in [0.717, 1.165) is 10.9 Å². The van der Waals surface area contributed by atoms with Gasteiger partial charge in [-0.2, -0.15) is 0 Å². The van der Waals surface area contributed by atoms with Crippen molar-refractivity contribution in [1.29, 1.82) is 0 Å². The molecule has 0 spiro atoms. The van der Waals surface area contributed by atoms with Gasteiger partial charge in [0.1, 0.15) is 0 Å². The molecule has 0 amide bonds. The number of hydrogen-bond acceptors (Lipinski definition) is 3. The second kappa shape index (κ2) is 4.56. The lowest BCUT2D eigenvalue weighted by Crippen LogP contribution is -2.00. The molecule has 0 fully saturated rings. The molecule has 1 aromatic carbocycles. The Morgan fingerprint density at radius 2 is 1.68 bits per heavy atom. The highest BCUT2D eigenvalue weighted by Gasteiger charge is 2.18. The number of imidazole rings is 1. The van der Waals surface area contributed by atoms with Crippen LogP contribution >= 0.6 is 11.8 Å². The van der Waals surface area contributed by atoms with Gasteiger partial charge in [-0.3, -0.25) is 4.40 Å². The molecule has 0 atom stereocenters. The second-order valence-electron chi connectivity index (χ2n) is 5.24. The Labute approximate surface area is 116 Å². The normalized spacial score (nSPS) is 12.3. The lowest BCUT2D eigenvalue weighted by molar-refractivity contribution is 0.631. The van der Waals surface area contributed by atoms with E-state index in [9.17, 15) is 0 Å². The molecule has 0 aliphatic carbocycles. The van der Waals surface area contributed by atoms with Gasteiger partial charge in [0.15, 0.2) is 5.16 Å². The molecule has 4 nitrogen and oxygen atoms in total. The topological polar surface area (TPSA) is 35.1 Å². The number of fused-ring (bicyclic) bond motifs is 3. The first-order valence-corrected chi connectivity index (χ1v) is 7.48. The molecule has 2 heterocycles. The average Bonchev–Trinajstić information content (AvgIpc) is 2.86. The molecule has 3 rings (SSSR count). The number of hydrogen-bond donors (Lipinski definition) is 0. The van der Waals surface area contributed by atoms with Crippen molar-refractivity contribution in [2.45, 2.75) is 44.1 Å². The number of rotatable bonds is 3. The Morgan fingerprint density at radius 3 is 2.32 bits per heavy atom. The van der Waals surface area contributed by atoms with E-state index in [4.69, 9.17) is 0 Å². The van der Waals surface area contributed by atoms with Gasteiger partial charge in [0.2, 0.25) is 5.78 Å². The summed E-state index contributed by atoms with van der Waals surface area (Å²) in [7, 11) is 0. The van der Waals surface area contributed by atoms with Gasteiger partial charge in [-0.25, -0.2) is 0 Å². The van der Waals surface area contributed by atoms with E-state index in [2.05, 4.69) is 71.1 Å². The van der Waals surface area contributed by atoms with Crippen molar-refractivity contribution >= 4 is 28.6 Å². The van der Waals surface area contributed by atoms with Crippen LogP contribution in [0.5, 0.6) is 0 Å². The summed E-state index contributed by atoms with van der Waals surface area (Å²) in [5.74, 6) is 0.930. The van der Waals surface area contributed by atoms with Gasteiger partial charge in [0, 0.05) is 11.3 Å². The summed E-state index contributed by atoms with van der Waals surface area (Å²) in [4.78, 5) is 0. The van der Waals surface area contributed by atoms with Crippen LogP contribution in [0, 0.1) is 0 Å². The Balaban J connectivity index is 2.37. The van der Waals surface area contributed by atoms with E-state index in [1.54, 1.807) is 11.8 Å². The third kappa shape index (κ3) is 1.92. The van der Waals surface area contributed by atoms with Crippen molar-refractivity contribution in [1.82, 2.24) is 19.2 Å². The summed E-state index contributed by atoms with van der Waals surface area (Å²) >= 11 is 1.75. The molecule has 3 aromatic rings. The van der Waals surface area contributed by atoms with Gasteiger partial charge in [-0.05, 0) is 26.0 Å². The van der Waals surface area contributed by atoms with Crippen LogP contribution in [0.1, 0.15) is 33.7 Å². The van der Waals surface area contributed by atoms with Crippen molar-refractivity contribution in [2.24, 2.45) is 0 Å². The van der Waals surface area contributed by atoms with Crippen molar-refractivity contribution < 1.29 is 0 Å². The van der Waals surface area contributed by atoms with Gasteiger partial charge >= 0.3 is 0 Å². The summed E-state index contributed by atoms with van der Waals surface area (Å²) in [5.41, 5.74) is 2.40. The monoisotopic (exact) mass is 274 g/mol. The fourth-order valence-corrected chi connectivity index (χ4v) is 3.19. The Morgan fingerprint density at radius 1 is 1.00 bits per heavy atom. The van der Waals surface area contributed by atoms with E-state index in [0.29, 0.717) is 11.3 Å². The molecule has 100 valence electrons. The highest BCUT2D eigenvalue weighted by Crippen LogP contribution is 2.29. The zero-order valence-corrected chi connectivity index (χ0v) is 12.5. The summed E-state index contributed by atoms with van der Waals surface area (Å²) < 4.78 is 4.41. The third-order valence-electron chi connectivity index (χ3n) is 3.07. The summed E-state index contributed by atoms with van der Waals surface area (Å²) in [6.45, 7) is 8.70. The number of thioether (sulfide) groups is 1. The lowest BCUT2D eigenvalue weighted by Gasteiger charge is -2.07. The van der Waals surface area contributed by atoms with Crippen LogP contribution in [0.3, 0.4) is 0 Å². The van der Waals surface area contributed by atoms with Crippen molar-refractivity contribution in [2.75, 3.05) is 0 Å². The minimum atomic E-state index is 0.364. The van der Waals surface area contributed by atoms with Gasteiger partial charge in [0.05, 0.1) is 11.0 Å². The first-order chi connectivity index (χ1) is 9.09. The molecular weight excluding hydrogens is 256 g/mol. The fraction of sp³-hybridized carbons (Fsp3) is 0.429. The molecule has 0 unspecified atom stereocenters. The van der Waals surface area contributed by atoms with Crippen LogP contribution in [0.25, 0.3) is 16.8 Å². The van der Waals surface area contributed by atoms with Gasteiger partial charge < -0.3 is 4.57 Å². The van der Waals surface area contributed by atoms with Crippen molar-refractivity contribution in [3.05, 3.63) is 24.3 Å². The smallest absolute Gasteiger partial charge is 0.237 e. The van der Waals surface area contributed by atoms with Crippen LogP contribution in [0.2, 0.25) is 0 Å². The minimum Gasteiger partial charge on any atom is -0.306 e. The highest BCUT2D eigenvalue weighted by atomic mass is 32.2. The molecule has 0 N–H and O–H groups in total. The Hall–Kier alpha value is -1.49. The van der Waals surface area contributed by atoms with Crippen molar-refractivity contribution in [3.8, 4) is 0 Å². The number of para-hydroxylation sites is 2. The molecule has 0 aliphatic heterocycles. The molecule has 0 saturated carbocycles. The predicted octanol–water partition coefficient (Wildman–Crippen LogP) is 3.77. The summed E-state index contributed by atoms with van der Waals surface area (Å²) in [6, 6.07) is 8.78. The SMILES string of the molecule is CC(C)Sc1nnc2n(C(C)C)c3ccccc3n12. The maximum Gasteiger partial charge on any atom is 0.237 e. The summed E-state index contributed by atoms with van der Waals surface area (Å²) in [5, 5.41) is 10.2. The molecule has 2 aromatic heterocycles. The van der Waals surface area contributed by atoms with Gasteiger partial charge in [0.25, 0.3) is 0 Å². The van der Waals surface area contributed by atoms with E-state index in [-0.39, 0.29) is 0 Å². The van der Waals surface area contributed by atoms with Gasteiger partial charge in [-0.1, -0.05) is 37.7 Å². The quantitative estimate of drug-likeness (QED) is 0.682. The van der Waals surface area contributed by atoms with Crippen LogP contribution in [0.4, 0.5) is 0 Å². The zero-order chi connectivity index (χ0) is 13.6. The van der Waals surface area contributed by atoms with Gasteiger partial charge in [-0.15, -0.1) is 10.2 Å². The molecule has 19 heavy (non-hydrogen) atoms. The number of nitrogens with zero attached hydrogens (tertiary/aromatic N) is 4. The first-order valence-electron chi connectivity index (χ1n) is 6.60. The molecule has 0 aliphatic rings. The average molecular weight is 274 g/mol. The zero-order valence-electron chi connectivity index (χ0n) is 11.7.